The predicted octanol–water partition coefficient (Wildman–Crippen LogP) is 3.33. The van der Waals surface area contributed by atoms with E-state index in [-0.39, 0.29) is 12.3 Å². The van der Waals surface area contributed by atoms with Gasteiger partial charge < -0.3 is 5.11 Å². The van der Waals surface area contributed by atoms with Gasteiger partial charge in [-0.15, -0.1) is 0 Å². The average Bonchev–Trinajstić information content (AvgIpc) is 2.39. The van der Waals surface area contributed by atoms with Crippen molar-refractivity contribution in [3.05, 3.63) is 54.4 Å². The van der Waals surface area contributed by atoms with Crippen molar-refractivity contribution in [1.82, 2.24) is 4.98 Å². The number of rotatable bonds is 4. The lowest BCUT2D eigenvalue weighted by atomic mass is 9.94. The lowest BCUT2D eigenvalue weighted by molar-refractivity contribution is -0.137. The Hall–Kier alpha value is -2.16. The van der Waals surface area contributed by atoms with E-state index in [1.54, 1.807) is 12.4 Å². The van der Waals surface area contributed by atoms with Gasteiger partial charge in [0, 0.05) is 12.4 Å². The molecule has 3 nitrogen and oxygen atoms in total. The maximum atomic E-state index is 10.7. The van der Waals surface area contributed by atoms with Crippen LogP contribution in [0.5, 0.6) is 0 Å². The number of benzene rings is 1. The van der Waals surface area contributed by atoms with E-state index in [9.17, 15) is 4.79 Å². The molecule has 0 amide bonds. The van der Waals surface area contributed by atoms with Crippen LogP contribution < -0.4 is 0 Å². The van der Waals surface area contributed by atoms with Crippen LogP contribution in [0.1, 0.15) is 24.8 Å². The van der Waals surface area contributed by atoms with Gasteiger partial charge in [0.25, 0.3) is 0 Å². The minimum atomic E-state index is -0.767. The first kappa shape index (κ1) is 12.3. The van der Waals surface area contributed by atoms with Gasteiger partial charge in [0.1, 0.15) is 0 Å². The van der Waals surface area contributed by atoms with Crippen molar-refractivity contribution >= 4 is 5.97 Å². The molecule has 0 bridgehead atoms. The summed E-state index contributed by atoms with van der Waals surface area (Å²) in [7, 11) is 0. The number of carboxylic acid groups (broad SMARTS) is 1. The SMILES string of the molecule is CC(CC(=O)O)c1cccc(-c2ccncc2)c1. The summed E-state index contributed by atoms with van der Waals surface area (Å²) in [4.78, 5) is 14.7. The highest BCUT2D eigenvalue weighted by atomic mass is 16.4. The zero-order valence-electron chi connectivity index (χ0n) is 10.2. The summed E-state index contributed by atoms with van der Waals surface area (Å²) >= 11 is 0. The molecule has 2 aromatic rings. The number of aromatic nitrogens is 1. The molecule has 3 heteroatoms. The molecule has 0 aliphatic heterocycles. The molecule has 1 heterocycles. The Balaban J connectivity index is 2.28. The fourth-order valence-corrected chi connectivity index (χ4v) is 1.95. The zero-order chi connectivity index (χ0) is 13.0. The molecule has 1 aromatic carbocycles. The van der Waals surface area contributed by atoms with Crippen molar-refractivity contribution in [1.29, 1.82) is 0 Å². The maximum Gasteiger partial charge on any atom is 0.303 e. The molecule has 0 saturated carbocycles. The molecule has 0 radical (unpaired) electrons. The lowest BCUT2D eigenvalue weighted by Gasteiger charge is -2.11. The van der Waals surface area contributed by atoms with Gasteiger partial charge in [-0.05, 0) is 34.7 Å². The van der Waals surface area contributed by atoms with Crippen molar-refractivity contribution in [2.45, 2.75) is 19.3 Å². The molecular formula is C15H15NO2. The Morgan fingerprint density at radius 1 is 1.22 bits per heavy atom. The molecule has 1 N–H and O–H groups in total. The fraction of sp³-hybridized carbons (Fsp3) is 0.200. The number of hydrogen-bond donors (Lipinski definition) is 1. The lowest BCUT2D eigenvalue weighted by Crippen LogP contribution is -2.02. The highest BCUT2D eigenvalue weighted by Crippen LogP contribution is 2.25. The smallest absolute Gasteiger partial charge is 0.303 e. The quantitative estimate of drug-likeness (QED) is 0.893. The molecule has 0 spiro atoms. The molecule has 92 valence electrons. The van der Waals surface area contributed by atoms with E-state index in [1.807, 2.05) is 43.3 Å². The monoisotopic (exact) mass is 241 g/mol. The molecule has 0 aliphatic carbocycles. The van der Waals surface area contributed by atoms with E-state index in [0.29, 0.717) is 0 Å². The van der Waals surface area contributed by atoms with Crippen LogP contribution in [-0.4, -0.2) is 16.1 Å². The van der Waals surface area contributed by atoms with Gasteiger partial charge >= 0.3 is 5.97 Å². The predicted molar refractivity (Wildman–Crippen MR) is 70.3 cm³/mol. The van der Waals surface area contributed by atoms with Gasteiger partial charge in [-0.25, -0.2) is 0 Å². The molecule has 1 atom stereocenters. The van der Waals surface area contributed by atoms with Gasteiger partial charge in [0.15, 0.2) is 0 Å². The largest absolute Gasteiger partial charge is 0.481 e. The third-order valence-electron chi connectivity index (χ3n) is 2.95. The number of carboxylic acids is 1. The van der Waals surface area contributed by atoms with E-state index < -0.39 is 5.97 Å². The summed E-state index contributed by atoms with van der Waals surface area (Å²) in [6, 6.07) is 11.9. The molecule has 0 aliphatic rings. The number of carbonyl (C=O) groups is 1. The second-order valence-electron chi connectivity index (χ2n) is 4.36. The average molecular weight is 241 g/mol. The summed E-state index contributed by atoms with van der Waals surface area (Å²) < 4.78 is 0. The topological polar surface area (TPSA) is 50.2 Å². The Morgan fingerprint density at radius 2 is 1.94 bits per heavy atom. The summed E-state index contributed by atoms with van der Waals surface area (Å²) in [6.45, 7) is 1.93. The van der Waals surface area contributed by atoms with Gasteiger partial charge in [-0.3, -0.25) is 9.78 Å². The number of nitrogens with zero attached hydrogens (tertiary/aromatic N) is 1. The molecular weight excluding hydrogens is 226 g/mol. The Labute approximate surface area is 106 Å². The second kappa shape index (κ2) is 5.45. The standard InChI is InChI=1S/C15H15NO2/c1-11(9-15(17)18)13-3-2-4-14(10-13)12-5-7-16-8-6-12/h2-8,10-11H,9H2,1H3,(H,17,18). The number of hydrogen-bond acceptors (Lipinski definition) is 2. The van der Waals surface area contributed by atoms with Crippen molar-refractivity contribution in [3.63, 3.8) is 0 Å². The highest BCUT2D eigenvalue weighted by molar-refractivity contribution is 5.68. The first-order valence-corrected chi connectivity index (χ1v) is 5.89. The van der Waals surface area contributed by atoms with Gasteiger partial charge in [-0.2, -0.15) is 0 Å². The third kappa shape index (κ3) is 2.94. The summed E-state index contributed by atoms with van der Waals surface area (Å²) in [5, 5.41) is 8.82. The molecule has 0 saturated heterocycles. The van der Waals surface area contributed by atoms with Crippen LogP contribution in [0.15, 0.2) is 48.8 Å². The van der Waals surface area contributed by atoms with Crippen LogP contribution in [0.4, 0.5) is 0 Å². The van der Waals surface area contributed by atoms with Crippen LogP contribution in [0, 0.1) is 0 Å². The number of aliphatic carboxylic acids is 1. The van der Waals surface area contributed by atoms with Crippen LogP contribution >= 0.6 is 0 Å². The summed E-state index contributed by atoms with van der Waals surface area (Å²) in [5.41, 5.74) is 3.23. The minimum Gasteiger partial charge on any atom is -0.481 e. The van der Waals surface area contributed by atoms with Crippen LogP contribution in [0.25, 0.3) is 11.1 Å². The maximum absolute atomic E-state index is 10.7. The van der Waals surface area contributed by atoms with Crippen LogP contribution in [0.3, 0.4) is 0 Å². The van der Waals surface area contributed by atoms with E-state index in [0.717, 1.165) is 16.7 Å². The van der Waals surface area contributed by atoms with Gasteiger partial charge in [0.2, 0.25) is 0 Å². The van der Waals surface area contributed by atoms with E-state index in [4.69, 9.17) is 5.11 Å². The molecule has 2 rings (SSSR count). The van der Waals surface area contributed by atoms with E-state index in [1.165, 1.54) is 0 Å². The number of pyridine rings is 1. The van der Waals surface area contributed by atoms with Crippen LogP contribution in [-0.2, 0) is 4.79 Å². The van der Waals surface area contributed by atoms with E-state index in [2.05, 4.69) is 4.98 Å². The molecule has 1 aromatic heterocycles. The fourth-order valence-electron chi connectivity index (χ4n) is 1.95. The van der Waals surface area contributed by atoms with Crippen molar-refractivity contribution in [3.8, 4) is 11.1 Å². The summed E-state index contributed by atoms with van der Waals surface area (Å²) in [5.74, 6) is -0.749. The first-order valence-electron chi connectivity index (χ1n) is 5.89. The Kier molecular flexibility index (Phi) is 3.72. The summed E-state index contributed by atoms with van der Waals surface area (Å²) in [6.07, 6.45) is 3.66. The molecule has 0 fully saturated rings. The van der Waals surface area contributed by atoms with Crippen molar-refractivity contribution < 1.29 is 9.90 Å². The first-order chi connectivity index (χ1) is 8.66. The minimum absolute atomic E-state index is 0.0179. The molecule has 18 heavy (non-hydrogen) atoms. The highest BCUT2D eigenvalue weighted by Gasteiger charge is 2.10. The second-order valence-corrected chi connectivity index (χ2v) is 4.36. The van der Waals surface area contributed by atoms with Crippen molar-refractivity contribution in [2.75, 3.05) is 0 Å². The third-order valence-corrected chi connectivity index (χ3v) is 2.95. The van der Waals surface area contributed by atoms with Crippen molar-refractivity contribution in [2.24, 2.45) is 0 Å². The Morgan fingerprint density at radius 3 is 2.61 bits per heavy atom. The van der Waals surface area contributed by atoms with Gasteiger partial charge in [0.05, 0.1) is 6.42 Å². The normalized spacial score (nSPS) is 12.1. The van der Waals surface area contributed by atoms with E-state index >= 15 is 0 Å². The zero-order valence-corrected chi connectivity index (χ0v) is 10.2. The molecule has 1 unspecified atom stereocenters. The van der Waals surface area contributed by atoms with Crippen LogP contribution in [0.2, 0.25) is 0 Å². The Bertz CT molecular complexity index is 537. The van der Waals surface area contributed by atoms with Gasteiger partial charge in [-0.1, -0.05) is 31.2 Å².